The third-order valence-corrected chi connectivity index (χ3v) is 6.89. The predicted molar refractivity (Wildman–Crippen MR) is 154 cm³/mol. The van der Waals surface area contributed by atoms with Gasteiger partial charge in [-0.25, -0.2) is 4.39 Å². The maximum Gasteiger partial charge on any atom is 0.302 e. The number of aryl methyl sites for hydroxylation is 1. The number of phenolic OH excluding ortho intramolecular Hbond substituents is 1. The predicted octanol–water partition coefficient (Wildman–Crippen LogP) is 7.27. The highest BCUT2D eigenvalue weighted by atomic mass is 19.1. The van der Waals surface area contributed by atoms with Crippen LogP contribution in [0.2, 0.25) is 0 Å². The highest BCUT2D eigenvalue weighted by molar-refractivity contribution is 5.65. The second-order valence-corrected chi connectivity index (χ2v) is 10.9. The van der Waals surface area contributed by atoms with Crippen LogP contribution in [0.5, 0.6) is 23.0 Å². The first-order valence-electron chi connectivity index (χ1n) is 13.8. The number of phenols is 1. The molecule has 5 rings (SSSR count). The third kappa shape index (κ3) is 9.26. The van der Waals surface area contributed by atoms with Crippen molar-refractivity contribution in [2.24, 2.45) is 0 Å². The summed E-state index contributed by atoms with van der Waals surface area (Å²) < 4.78 is 29.2. The van der Waals surface area contributed by atoms with E-state index in [-0.39, 0.29) is 17.5 Å². The molecular formula is C33H41FO6. The van der Waals surface area contributed by atoms with E-state index in [4.69, 9.17) is 14.6 Å². The van der Waals surface area contributed by atoms with Crippen molar-refractivity contribution >= 4 is 5.97 Å². The summed E-state index contributed by atoms with van der Waals surface area (Å²) in [5.41, 5.74) is 3.66. The number of aliphatic hydroxyl groups is 1. The summed E-state index contributed by atoms with van der Waals surface area (Å²) in [7, 11) is 1.35. The van der Waals surface area contributed by atoms with Crippen molar-refractivity contribution in [3.63, 3.8) is 0 Å². The first kappa shape index (κ1) is 31.0. The van der Waals surface area contributed by atoms with E-state index in [9.17, 15) is 14.3 Å². The maximum atomic E-state index is 13.8. The van der Waals surface area contributed by atoms with Gasteiger partial charge in [-0.05, 0) is 93.8 Å². The lowest BCUT2D eigenvalue weighted by atomic mass is 9.99. The first-order valence-corrected chi connectivity index (χ1v) is 13.8. The van der Waals surface area contributed by atoms with E-state index in [1.165, 1.54) is 31.2 Å². The van der Waals surface area contributed by atoms with Crippen LogP contribution >= 0.6 is 0 Å². The number of benzene rings is 3. The molecule has 0 radical (unpaired) electrons. The summed E-state index contributed by atoms with van der Waals surface area (Å²) >= 11 is 0. The van der Waals surface area contributed by atoms with E-state index >= 15 is 0 Å². The molecule has 0 saturated heterocycles. The van der Waals surface area contributed by atoms with Gasteiger partial charge in [0.05, 0.1) is 19.3 Å². The number of rotatable bonds is 6. The molecule has 3 aromatic carbocycles. The van der Waals surface area contributed by atoms with E-state index in [1.807, 2.05) is 32.0 Å². The van der Waals surface area contributed by atoms with Gasteiger partial charge in [0.15, 0.2) is 0 Å². The Hall–Kier alpha value is -3.58. The summed E-state index contributed by atoms with van der Waals surface area (Å²) in [6.07, 6.45) is 5.36. The minimum Gasteiger partial charge on any atom is -0.508 e. The molecule has 1 aliphatic heterocycles. The lowest BCUT2D eigenvalue weighted by Crippen LogP contribution is -2.18. The molecule has 3 aromatic rings. The fraction of sp³-hybridized carbons (Fsp3) is 0.424. The van der Waals surface area contributed by atoms with Crippen molar-refractivity contribution in [2.45, 2.75) is 77.7 Å². The maximum absolute atomic E-state index is 13.8. The number of halogens is 1. The molecule has 40 heavy (non-hydrogen) atoms. The summed E-state index contributed by atoms with van der Waals surface area (Å²) in [5, 5.41) is 18.9. The lowest BCUT2D eigenvalue weighted by Gasteiger charge is -2.16. The van der Waals surface area contributed by atoms with Gasteiger partial charge < -0.3 is 24.4 Å². The number of ether oxygens (including phenoxy) is 3. The molecule has 7 heteroatoms. The van der Waals surface area contributed by atoms with Crippen LogP contribution in [-0.2, 0) is 28.8 Å². The average molecular weight is 553 g/mol. The van der Waals surface area contributed by atoms with Crippen molar-refractivity contribution in [2.75, 3.05) is 13.7 Å². The normalized spacial score (nSPS) is 14.9. The van der Waals surface area contributed by atoms with Gasteiger partial charge in [0.25, 0.3) is 0 Å². The van der Waals surface area contributed by atoms with Gasteiger partial charge in [0, 0.05) is 30.0 Å². The van der Waals surface area contributed by atoms with Crippen molar-refractivity contribution in [1.29, 1.82) is 0 Å². The van der Waals surface area contributed by atoms with E-state index in [0.717, 1.165) is 73.5 Å². The number of aromatic hydroxyl groups is 1. The minimum atomic E-state index is -0.605. The van der Waals surface area contributed by atoms with E-state index < -0.39 is 5.60 Å². The van der Waals surface area contributed by atoms with Crippen LogP contribution < -0.4 is 9.47 Å². The molecule has 216 valence electrons. The zero-order chi connectivity index (χ0) is 29.3. The van der Waals surface area contributed by atoms with Gasteiger partial charge in [-0.15, -0.1) is 0 Å². The SMILES string of the molecule is CC(C)(O)CCCc1ccc(Oc2ccc(F)c3c2CCC3)cc1.CC1COc2cc(O)ccc21.COC(C)=O. The second-order valence-electron chi connectivity index (χ2n) is 10.9. The fourth-order valence-electron chi connectivity index (χ4n) is 4.66. The molecule has 0 spiro atoms. The second kappa shape index (κ2) is 14.2. The van der Waals surface area contributed by atoms with Crippen LogP contribution in [-0.4, -0.2) is 35.5 Å². The summed E-state index contributed by atoms with van der Waals surface area (Å²) in [5.74, 6) is 2.77. The van der Waals surface area contributed by atoms with Crippen LogP contribution in [0.1, 0.15) is 75.1 Å². The Morgan fingerprint density at radius 1 is 1.07 bits per heavy atom. The van der Waals surface area contributed by atoms with E-state index in [0.29, 0.717) is 5.92 Å². The molecule has 1 unspecified atom stereocenters. The van der Waals surface area contributed by atoms with Gasteiger partial charge in [-0.1, -0.05) is 25.1 Å². The third-order valence-electron chi connectivity index (χ3n) is 6.89. The molecular weight excluding hydrogens is 511 g/mol. The Morgan fingerprint density at radius 2 is 1.75 bits per heavy atom. The van der Waals surface area contributed by atoms with Crippen LogP contribution in [0.3, 0.4) is 0 Å². The lowest BCUT2D eigenvalue weighted by molar-refractivity contribution is -0.137. The zero-order valence-corrected chi connectivity index (χ0v) is 24.1. The number of carbonyl (C=O) groups excluding carboxylic acids is 1. The quantitative estimate of drug-likeness (QED) is 0.313. The van der Waals surface area contributed by atoms with Crippen molar-refractivity contribution in [1.82, 2.24) is 0 Å². The monoisotopic (exact) mass is 552 g/mol. The zero-order valence-electron chi connectivity index (χ0n) is 24.1. The molecule has 0 fully saturated rings. The van der Waals surface area contributed by atoms with Crippen LogP contribution in [0.4, 0.5) is 4.39 Å². The number of hydrogen-bond donors (Lipinski definition) is 2. The standard InChI is InChI=1S/C21H25FO2.C9H10O2.C3H6O2/c1-21(2,23)14-4-5-15-8-10-16(11-9-15)24-20-13-12-19(22)17-6-3-7-18(17)20;1-6-5-11-9-4-7(10)2-3-8(6)9;1-3(4)5-2/h8-13,23H,3-7,14H2,1-2H3;2-4,6,10H,5H2,1H3;1-2H3. The average Bonchev–Trinajstić information content (AvgIpc) is 3.54. The highest BCUT2D eigenvalue weighted by Gasteiger charge is 2.21. The van der Waals surface area contributed by atoms with Gasteiger partial charge >= 0.3 is 5.97 Å². The summed E-state index contributed by atoms with van der Waals surface area (Å²) in [4.78, 5) is 9.59. The molecule has 1 aliphatic carbocycles. The van der Waals surface area contributed by atoms with Gasteiger partial charge in [-0.2, -0.15) is 0 Å². The molecule has 0 aromatic heterocycles. The Balaban J connectivity index is 0.000000226. The fourth-order valence-corrected chi connectivity index (χ4v) is 4.66. The number of carbonyl (C=O) groups is 1. The molecule has 1 atom stereocenters. The Labute approximate surface area is 236 Å². The summed E-state index contributed by atoms with van der Waals surface area (Å²) in [6.45, 7) is 7.89. The molecule has 0 amide bonds. The summed E-state index contributed by atoms with van der Waals surface area (Å²) in [6, 6.07) is 16.6. The van der Waals surface area contributed by atoms with Gasteiger partial charge in [-0.3, -0.25) is 4.79 Å². The smallest absolute Gasteiger partial charge is 0.302 e. The van der Waals surface area contributed by atoms with Crippen LogP contribution in [0.25, 0.3) is 0 Å². The van der Waals surface area contributed by atoms with Crippen molar-refractivity contribution in [3.05, 3.63) is 82.7 Å². The number of fused-ring (bicyclic) bond motifs is 2. The molecule has 0 bridgehead atoms. The molecule has 1 heterocycles. The first-order chi connectivity index (χ1) is 19.0. The van der Waals surface area contributed by atoms with Crippen molar-refractivity contribution < 1.29 is 33.6 Å². The van der Waals surface area contributed by atoms with Crippen LogP contribution in [0.15, 0.2) is 54.6 Å². The Morgan fingerprint density at radius 3 is 2.40 bits per heavy atom. The number of methoxy groups -OCH3 is 1. The van der Waals surface area contributed by atoms with E-state index in [2.05, 4.69) is 23.8 Å². The Kier molecular flexibility index (Phi) is 11.0. The van der Waals surface area contributed by atoms with Gasteiger partial charge in [0.1, 0.15) is 28.8 Å². The molecule has 2 aliphatic rings. The molecule has 2 N–H and O–H groups in total. The molecule has 6 nitrogen and oxygen atoms in total. The van der Waals surface area contributed by atoms with Crippen molar-refractivity contribution in [3.8, 4) is 23.0 Å². The highest BCUT2D eigenvalue weighted by Crippen LogP contribution is 2.36. The largest absolute Gasteiger partial charge is 0.508 e. The van der Waals surface area contributed by atoms with Crippen LogP contribution in [0, 0.1) is 5.82 Å². The topological polar surface area (TPSA) is 85.2 Å². The Bertz CT molecular complexity index is 1260. The molecule has 0 saturated carbocycles. The number of esters is 1. The van der Waals surface area contributed by atoms with E-state index in [1.54, 1.807) is 18.2 Å². The minimum absolute atomic E-state index is 0.114. The van der Waals surface area contributed by atoms with Gasteiger partial charge in [0.2, 0.25) is 0 Å². The number of hydrogen-bond acceptors (Lipinski definition) is 6.